The molecule has 2 rings (SSSR count). The molecule has 0 aromatic heterocycles. The van der Waals surface area contributed by atoms with Crippen molar-refractivity contribution in [2.45, 2.75) is 6.04 Å². The second-order valence-electron chi connectivity index (χ2n) is 4.62. The van der Waals surface area contributed by atoms with Gasteiger partial charge in [0.2, 0.25) is 5.91 Å². The molecule has 1 unspecified atom stereocenters. The van der Waals surface area contributed by atoms with Gasteiger partial charge in [0.15, 0.2) is 0 Å². The topological polar surface area (TPSA) is 70.4 Å². The number of nitrogens with two attached hydrogens (primary N) is 1. The molecule has 1 aliphatic rings. The second-order valence-corrected chi connectivity index (χ2v) is 4.62. The normalized spacial score (nSPS) is 20.2. The van der Waals surface area contributed by atoms with Crippen LogP contribution in [0.5, 0.6) is 0 Å². The third kappa shape index (κ3) is 3.99. The van der Waals surface area contributed by atoms with Gasteiger partial charge in [-0.1, -0.05) is 6.07 Å². The third-order valence-corrected chi connectivity index (χ3v) is 3.20. The number of hydrogen-bond acceptors (Lipinski definition) is 4. The Hall–Kier alpha value is -1.50. The van der Waals surface area contributed by atoms with E-state index in [4.69, 9.17) is 5.73 Å². The summed E-state index contributed by atoms with van der Waals surface area (Å²) in [4.78, 5) is 14.0. The van der Waals surface area contributed by atoms with E-state index in [0.29, 0.717) is 12.2 Å². The number of benzene rings is 1. The molecule has 1 fully saturated rings. The lowest BCUT2D eigenvalue weighted by Crippen LogP contribution is -2.56. The van der Waals surface area contributed by atoms with Crippen molar-refractivity contribution in [2.75, 3.05) is 38.0 Å². The molecule has 4 N–H and O–H groups in total. The van der Waals surface area contributed by atoms with Crippen LogP contribution in [0.15, 0.2) is 24.3 Å². The third-order valence-electron chi connectivity index (χ3n) is 3.20. The van der Waals surface area contributed by atoms with E-state index < -0.39 is 0 Å². The summed E-state index contributed by atoms with van der Waals surface area (Å²) in [5, 5.41) is 5.94. The lowest BCUT2D eigenvalue weighted by Gasteiger charge is -2.34. The molecule has 0 spiro atoms. The first kappa shape index (κ1) is 13.9. The maximum Gasteiger partial charge on any atom is 0.238 e. The highest BCUT2D eigenvalue weighted by Crippen LogP contribution is 2.09. The summed E-state index contributed by atoms with van der Waals surface area (Å²) >= 11 is 0. The Balaban J connectivity index is 1.90. The molecule has 1 aliphatic heterocycles. The molecule has 5 nitrogen and oxygen atoms in total. The summed E-state index contributed by atoms with van der Waals surface area (Å²) < 4.78 is 13.0. The average molecular weight is 266 g/mol. The minimum absolute atomic E-state index is 0.147. The van der Waals surface area contributed by atoms with Crippen LogP contribution < -0.4 is 16.4 Å². The van der Waals surface area contributed by atoms with Crippen LogP contribution in [0.2, 0.25) is 0 Å². The SMILES string of the molecule is NCC1CNCCN1CC(=O)Nc1cccc(F)c1. The highest BCUT2D eigenvalue weighted by molar-refractivity contribution is 5.92. The predicted octanol–water partition coefficient (Wildman–Crippen LogP) is -0.00330. The zero-order chi connectivity index (χ0) is 13.7. The Morgan fingerprint density at radius 2 is 2.42 bits per heavy atom. The van der Waals surface area contributed by atoms with Gasteiger partial charge in [-0.05, 0) is 18.2 Å². The van der Waals surface area contributed by atoms with Gasteiger partial charge in [-0.15, -0.1) is 0 Å². The maximum absolute atomic E-state index is 13.0. The van der Waals surface area contributed by atoms with Gasteiger partial charge in [-0.25, -0.2) is 4.39 Å². The van der Waals surface area contributed by atoms with E-state index in [1.54, 1.807) is 12.1 Å². The predicted molar refractivity (Wildman–Crippen MR) is 72.3 cm³/mol. The molecule has 1 atom stereocenters. The van der Waals surface area contributed by atoms with Crippen LogP contribution in [-0.2, 0) is 4.79 Å². The van der Waals surface area contributed by atoms with Gasteiger partial charge >= 0.3 is 0 Å². The number of nitrogens with zero attached hydrogens (tertiary/aromatic N) is 1. The zero-order valence-electron chi connectivity index (χ0n) is 10.7. The fraction of sp³-hybridized carbons (Fsp3) is 0.462. The number of piperazine rings is 1. The van der Waals surface area contributed by atoms with Crippen molar-refractivity contribution < 1.29 is 9.18 Å². The van der Waals surface area contributed by atoms with Crippen molar-refractivity contribution in [3.63, 3.8) is 0 Å². The largest absolute Gasteiger partial charge is 0.329 e. The van der Waals surface area contributed by atoms with Gasteiger partial charge in [-0.3, -0.25) is 9.69 Å². The lowest BCUT2D eigenvalue weighted by atomic mass is 10.2. The van der Waals surface area contributed by atoms with E-state index >= 15 is 0 Å². The van der Waals surface area contributed by atoms with E-state index in [0.717, 1.165) is 19.6 Å². The fourth-order valence-electron chi connectivity index (χ4n) is 2.19. The summed E-state index contributed by atoms with van der Waals surface area (Å²) in [6.45, 7) is 3.23. The van der Waals surface area contributed by atoms with E-state index in [1.165, 1.54) is 12.1 Å². The van der Waals surface area contributed by atoms with Crippen LogP contribution in [0.3, 0.4) is 0 Å². The smallest absolute Gasteiger partial charge is 0.238 e. The quantitative estimate of drug-likeness (QED) is 0.717. The minimum atomic E-state index is -0.361. The van der Waals surface area contributed by atoms with Crippen molar-refractivity contribution in [1.29, 1.82) is 0 Å². The summed E-state index contributed by atoms with van der Waals surface area (Å²) in [5.41, 5.74) is 6.16. The molecule has 1 amide bonds. The highest BCUT2D eigenvalue weighted by atomic mass is 19.1. The fourth-order valence-corrected chi connectivity index (χ4v) is 2.19. The van der Waals surface area contributed by atoms with Crippen molar-refractivity contribution in [3.8, 4) is 0 Å². The number of carbonyl (C=O) groups excluding carboxylic acids is 1. The van der Waals surface area contributed by atoms with E-state index in [2.05, 4.69) is 10.6 Å². The number of hydrogen-bond donors (Lipinski definition) is 3. The Bertz CT molecular complexity index is 440. The van der Waals surface area contributed by atoms with Crippen LogP contribution in [0, 0.1) is 5.82 Å². The first-order valence-corrected chi connectivity index (χ1v) is 6.39. The first-order valence-electron chi connectivity index (χ1n) is 6.39. The highest BCUT2D eigenvalue weighted by Gasteiger charge is 2.22. The van der Waals surface area contributed by atoms with Crippen molar-refractivity contribution in [1.82, 2.24) is 10.2 Å². The molecule has 1 saturated heterocycles. The molecule has 1 aromatic carbocycles. The summed E-state index contributed by atoms with van der Waals surface area (Å²) in [6.07, 6.45) is 0. The number of nitrogens with one attached hydrogen (secondary N) is 2. The lowest BCUT2D eigenvalue weighted by molar-refractivity contribution is -0.118. The van der Waals surface area contributed by atoms with E-state index in [1.807, 2.05) is 4.90 Å². The van der Waals surface area contributed by atoms with Crippen LogP contribution in [0.25, 0.3) is 0 Å². The Morgan fingerprint density at radius 1 is 1.58 bits per heavy atom. The summed E-state index contributed by atoms with van der Waals surface area (Å²) in [6, 6.07) is 6.05. The Kier molecular flexibility index (Phi) is 4.84. The number of amides is 1. The van der Waals surface area contributed by atoms with Gasteiger partial charge in [0.05, 0.1) is 6.54 Å². The van der Waals surface area contributed by atoms with Gasteiger partial charge < -0.3 is 16.4 Å². The molecule has 1 heterocycles. The van der Waals surface area contributed by atoms with Gasteiger partial charge in [0.25, 0.3) is 0 Å². The van der Waals surface area contributed by atoms with Crippen LogP contribution in [-0.4, -0.2) is 49.6 Å². The Morgan fingerprint density at radius 3 is 3.16 bits per heavy atom. The zero-order valence-corrected chi connectivity index (χ0v) is 10.7. The van der Waals surface area contributed by atoms with Gasteiger partial charge in [-0.2, -0.15) is 0 Å². The maximum atomic E-state index is 13.0. The van der Waals surface area contributed by atoms with Crippen LogP contribution >= 0.6 is 0 Å². The first-order chi connectivity index (χ1) is 9.19. The molecular weight excluding hydrogens is 247 g/mol. The number of halogens is 1. The van der Waals surface area contributed by atoms with Crippen molar-refractivity contribution in [3.05, 3.63) is 30.1 Å². The summed E-state index contributed by atoms with van der Waals surface area (Å²) in [5.74, 6) is -0.509. The van der Waals surface area contributed by atoms with Crippen LogP contribution in [0.1, 0.15) is 0 Å². The van der Waals surface area contributed by atoms with Crippen LogP contribution in [0.4, 0.5) is 10.1 Å². The standard InChI is InChI=1S/C13H19FN4O/c14-10-2-1-3-11(6-10)17-13(19)9-18-5-4-16-8-12(18)7-15/h1-3,6,12,16H,4-5,7-9,15H2,(H,17,19). The molecule has 19 heavy (non-hydrogen) atoms. The van der Waals surface area contributed by atoms with Crippen molar-refractivity contribution in [2.24, 2.45) is 5.73 Å². The monoisotopic (exact) mass is 266 g/mol. The molecule has 1 aromatic rings. The number of carbonyl (C=O) groups is 1. The number of rotatable bonds is 4. The minimum Gasteiger partial charge on any atom is -0.329 e. The second kappa shape index (κ2) is 6.60. The molecule has 0 saturated carbocycles. The van der Waals surface area contributed by atoms with E-state index in [9.17, 15) is 9.18 Å². The molecule has 6 heteroatoms. The molecule has 0 aliphatic carbocycles. The molecule has 104 valence electrons. The summed E-state index contributed by atoms with van der Waals surface area (Å²) in [7, 11) is 0. The molecular formula is C13H19FN4O. The molecule has 0 radical (unpaired) electrons. The van der Waals surface area contributed by atoms with Crippen molar-refractivity contribution >= 4 is 11.6 Å². The van der Waals surface area contributed by atoms with Gasteiger partial charge in [0.1, 0.15) is 5.82 Å². The van der Waals surface area contributed by atoms with E-state index in [-0.39, 0.29) is 24.3 Å². The average Bonchev–Trinajstić information content (AvgIpc) is 2.39. The number of anilines is 1. The van der Waals surface area contributed by atoms with Gasteiger partial charge in [0, 0.05) is 37.9 Å². The Labute approximate surface area is 112 Å². The molecule has 0 bridgehead atoms.